The number of rotatable bonds is 4. The molecule has 0 radical (unpaired) electrons. The van der Waals surface area contributed by atoms with Crippen molar-refractivity contribution < 1.29 is 13.9 Å². The number of carbonyl (C=O) groups is 1. The number of nitrogens with zero attached hydrogens (tertiary/aromatic N) is 4. The Bertz CT molecular complexity index is 1170. The van der Waals surface area contributed by atoms with E-state index in [0.29, 0.717) is 18.8 Å². The first-order valence-corrected chi connectivity index (χ1v) is 10.0. The summed E-state index contributed by atoms with van der Waals surface area (Å²) in [5.74, 6) is 2.24. The van der Waals surface area contributed by atoms with Crippen LogP contribution in [0.3, 0.4) is 0 Å². The Labute approximate surface area is 173 Å². The Balaban J connectivity index is 1.33. The molecule has 0 bridgehead atoms. The molecule has 3 aromatic heterocycles. The van der Waals surface area contributed by atoms with Crippen LogP contribution in [-0.4, -0.2) is 45.6 Å². The van der Waals surface area contributed by atoms with Crippen molar-refractivity contribution in [3.05, 3.63) is 72.6 Å². The van der Waals surface area contributed by atoms with Crippen LogP contribution in [0.2, 0.25) is 0 Å². The van der Waals surface area contributed by atoms with Crippen LogP contribution in [0.15, 0.2) is 65.4 Å². The molecule has 1 aliphatic rings. The molecule has 0 atom stereocenters. The molecule has 0 saturated carbocycles. The standard InChI is InChI=1S/C23H22N4O3/c1-29-19-5-2-4-17(14-19)18-7-8-21-24-22(25-27(21)15-18)16-9-11-26(12-10-16)23(28)20-6-3-13-30-20/h2-8,13-16H,9-12H2,1H3. The second-order valence-electron chi connectivity index (χ2n) is 7.47. The lowest BCUT2D eigenvalue weighted by molar-refractivity contribution is 0.0679. The van der Waals surface area contributed by atoms with E-state index >= 15 is 0 Å². The van der Waals surface area contributed by atoms with E-state index in [4.69, 9.17) is 19.2 Å². The number of benzene rings is 1. The fourth-order valence-corrected chi connectivity index (χ4v) is 3.94. The van der Waals surface area contributed by atoms with Crippen LogP contribution >= 0.6 is 0 Å². The number of furan rings is 1. The minimum Gasteiger partial charge on any atom is -0.497 e. The molecule has 7 heteroatoms. The van der Waals surface area contributed by atoms with Gasteiger partial charge in [0, 0.05) is 30.8 Å². The third kappa shape index (κ3) is 3.43. The van der Waals surface area contributed by atoms with E-state index in [0.717, 1.165) is 41.2 Å². The maximum atomic E-state index is 12.5. The van der Waals surface area contributed by atoms with Crippen molar-refractivity contribution in [2.75, 3.05) is 20.2 Å². The van der Waals surface area contributed by atoms with Gasteiger partial charge in [0.1, 0.15) is 5.75 Å². The van der Waals surface area contributed by atoms with Crippen LogP contribution in [0, 0.1) is 0 Å². The molecule has 152 valence electrons. The van der Waals surface area contributed by atoms with Gasteiger partial charge < -0.3 is 14.1 Å². The number of aromatic nitrogens is 3. The number of likely N-dealkylation sites (tertiary alicyclic amines) is 1. The molecule has 1 aliphatic heterocycles. The van der Waals surface area contributed by atoms with Gasteiger partial charge >= 0.3 is 0 Å². The zero-order valence-electron chi connectivity index (χ0n) is 16.7. The summed E-state index contributed by atoms with van der Waals surface area (Å²) < 4.78 is 12.4. The molecule has 0 N–H and O–H groups in total. The minimum atomic E-state index is -0.0515. The molecule has 1 saturated heterocycles. The third-order valence-electron chi connectivity index (χ3n) is 5.63. The van der Waals surface area contributed by atoms with Crippen molar-refractivity contribution in [1.82, 2.24) is 19.5 Å². The van der Waals surface area contributed by atoms with Gasteiger partial charge in [0.2, 0.25) is 0 Å². The molecule has 30 heavy (non-hydrogen) atoms. The van der Waals surface area contributed by atoms with E-state index in [9.17, 15) is 4.79 Å². The smallest absolute Gasteiger partial charge is 0.289 e. The van der Waals surface area contributed by atoms with E-state index < -0.39 is 0 Å². The number of ether oxygens (including phenoxy) is 1. The summed E-state index contributed by atoms with van der Waals surface area (Å²) in [7, 11) is 1.67. The number of hydrogen-bond acceptors (Lipinski definition) is 5. The van der Waals surface area contributed by atoms with Crippen molar-refractivity contribution in [2.45, 2.75) is 18.8 Å². The van der Waals surface area contributed by atoms with Gasteiger partial charge in [0.25, 0.3) is 5.91 Å². The number of pyridine rings is 1. The molecule has 1 fully saturated rings. The van der Waals surface area contributed by atoms with Crippen molar-refractivity contribution in [3.8, 4) is 16.9 Å². The molecular weight excluding hydrogens is 380 g/mol. The van der Waals surface area contributed by atoms with Gasteiger partial charge in [0.05, 0.1) is 13.4 Å². The van der Waals surface area contributed by atoms with Gasteiger partial charge in [-0.1, -0.05) is 12.1 Å². The largest absolute Gasteiger partial charge is 0.497 e. The van der Waals surface area contributed by atoms with Crippen LogP contribution in [0.1, 0.15) is 35.1 Å². The van der Waals surface area contributed by atoms with E-state index in [2.05, 4.69) is 0 Å². The van der Waals surface area contributed by atoms with Crippen molar-refractivity contribution >= 4 is 11.6 Å². The fraction of sp³-hybridized carbons (Fsp3) is 0.261. The highest BCUT2D eigenvalue weighted by Crippen LogP contribution is 2.28. The zero-order valence-corrected chi connectivity index (χ0v) is 16.7. The van der Waals surface area contributed by atoms with E-state index in [1.165, 1.54) is 6.26 Å². The Kier molecular flexibility index (Phi) is 4.71. The molecule has 0 spiro atoms. The molecule has 5 rings (SSSR count). The first kappa shape index (κ1) is 18.4. The second kappa shape index (κ2) is 7.67. The molecule has 0 aliphatic carbocycles. The zero-order chi connectivity index (χ0) is 20.5. The summed E-state index contributed by atoms with van der Waals surface area (Å²) in [5.41, 5.74) is 2.94. The molecule has 7 nitrogen and oxygen atoms in total. The summed E-state index contributed by atoms with van der Waals surface area (Å²) in [6.07, 6.45) is 5.20. The normalized spacial score (nSPS) is 14.9. The average molecular weight is 402 g/mol. The SMILES string of the molecule is COc1cccc(-c2ccc3nc(C4CCN(C(=O)c5ccco5)CC4)nn3c2)c1. The fourth-order valence-electron chi connectivity index (χ4n) is 3.94. The van der Waals surface area contributed by atoms with Crippen molar-refractivity contribution in [3.63, 3.8) is 0 Å². The Morgan fingerprint density at radius 1 is 1.10 bits per heavy atom. The molecule has 1 amide bonds. The summed E-state index contributed by atoms with van der Waals surface area (Å²) in [6.45, 7) is 1.35. The first-order valence-electron chi connectivity index (χ1n) is 10.0. The van der Waals surface area contributed by atoms with Gasteiger partial charge in [0.15, 0.2) is 17.2 Å². The van der Waals surface area contributed by atoms with Gasteiger partial charge in [-0.25, -0.2) is 9.50 Å². The van der Waals surface area contributed by atoms with Crippen LogP contribution in [0.5, 0.6) is 5.75 Å². The lowest BCUT2D eigenvalue weighted by Crippen LogP contribution is -2.37. The predicted octanol–water partition coefficient (Wildman–Crippen LogP) is 4.02. The molecule has 4 aromatic rings. The lowest BCUT2D eigenvalue weighted by Gasteiger charge is -2.30. The summed E-state index contributed by atoms with van der Waals surface area (Å²) in [4.78, 5) is 19.0. The van der Waals surface area contributed by atoms with Crippen LogP contribution < -0.4 is 4.74 Å². The maximum absolute atomic E-state index is 12.5. The van der Waals surface area contributed by atoms with E-state index in [1.54, 1.807) is 19.2 Å². The predicted molar refractivity (Wildman–Crippen MR) is 112 cm³/mol. The topological polar surface area (TPSA) is 72.9 Å². The maximum Gasteiger partial charge on any atom is 0.289 e. The monoisotopic (exact) mass is 402 g/mol. The first-order chi connectivity index (χ1) is 14.7. The van der Waals surface area contributed by atoms with Crippen LogP contribution in [0.25, 0.3) is 16.8 Å². The number of methoxy groups -OCH3 is 1. The summed E-state index contributed by atoms with van der Waals surface area (Å²) in [6, 6.07) is 15.4. The number of hydrogen-bond donors (Lipinski definition) is 0. The Morgan fingerprint density at radius 2 is 1.97 bits per heavy atom. The van der Waals surface area contributed by atoms with E-state index in [1.807, 2.05) is 52.0 Å². The van der Waals surface area contributed by atoms with Gasteiger partial charge in [-0.05, 0) is 54.8 Å². The van der Waals surface area contributed by atoms with E-state index in [-0.39, 0.29) is 11.8 Å². The minimum absolute atomic E-state index is 0.0515. The van der Waals surface area contributed by atoms with Gasteiger partial charge in [-0.2, -0.15) is 5.10 Å². The summed E-state index contributed by atoms with van der Waals surface area (Å²) in [5, 5.41) is 4.74. The van der Waals surface area contributed by atoms with Crippen molar-refractivity contribution in [2.24, 2.45) is 0 Å². The number of piperidine rings is 1. The van der Waals surface area contributed by atoms with Crippen LogP contribution in [-0.2, 0) is 0 Å². The lowest BCUT2D eigenvalue weighted by atomic mass is 9.96. The molecular formula is C23H22N4O3. The third-order valence-corrected chi connectivity index (χ3v) is 5.63. The van der Waals surface area contributed by atoms with Gasteiger partial charge in [-0.3, -0.25) is 4.79 Å². The van der Waals surface area contributed by atoms with Crippen LogP contribution in [0.4, 0.5) is 0 Å². The highest BCUT2D eigenvalue weighted by atomic mass is 16.5. The Morgan fingerprint density at radius 3 is 2.73 bits per heavy atom. The highest BCUT2D eigenvalue weighted by molar-refractivity contribution is 5.91. The van der Waals surface area contributed by atoms with Crippen molar-refractivity contribution in [1.29, 1.82) is 0 Å². The molecule has 4 heterocycles. The molecule has 1 aromatic carbocycles. The van der Waals surface area contributed by atoms with Gasteiger partial charge in [-0.15, -0.1) is 0 Å². The number of fused-ring (bicyclic) bond motifs is 1. The summed E-state index contributed by atoms with van der Waals surface area (Å²) >= 11 is 0. The molecule has 0 unspecified atom stereocenters. The number of carbonyl (C=O) groups excluding carboxylic acids is 1. The number of amides is 1. The quantitative estimate of drug-likeness (QED) is 0.516. The Hall–Kier alpha value is -3.61. The second-order valence-corrected chi connectivity index (χ2v) is 7.47. The highest BCUT2D eigenvalue weighted by Gasteiger charge is 2.28. The average Bonchev–Trinajstić information content (AvgIpc) is 3.48.